The van der Waals surface area contributed by atoms with Crippen molar-refractivity contribution in [3.8, 4) is 0 Å². The Hall–Kier alpha value is -1.77. The zero-order chi connectivity index (χ0) is 17.7. The molecule has 0 atom stereocenters. The predicted octanol–water partition coefficient (Wildman–Crippen LogP) is 1.43. The normalized spacial score (nSPS) is 15.5. The quantitative estimate of drug-likeness (QED) is 0.563. The average molecular weight is 354 g/mol. The second-order valence-corrected chi connectivity index (χ2v) is 7.55. The molecular weight excluding hydrogens is 332 g/mol. The van der Waals surface area contributed by atoms with Crippen LogP contribution in [0.4, 0.5) is 5.69 Å². The van der Waals surface area contributed by atoms with Gasteiger partial charge in [-0.2, -0.15) is 0 Å². The van der Waals surface area contributed by atoms with Crippen molar-refractivity contribution in [1.29, 1.82) is 0 Å². The molecule has 1 aromatic rings. The number of benzene rings is 1. The molecule has 24 heavy (non-hydrogen) atoms. The topological polar surface area (TPSA) is 92.8 Å². The van der Waals surface area contributed by atoms with Crippen LogP contribution in [0.5, 0.6) is 0 Å². The standard InChI is InChI=1S/C16H22N2O5S/c1-12(2)23-11-3-10-17-24(21,22)14-6-4-13(5-7-14)18-15(19)8-9-16(18)20/h4-7,12,17H,3,8-11H2,1-2H3. The number of hydrogen-bond donors (Lipinski definition) is 1. The number of ether oxygens (including phenoxy) is 1. The SMILES string of the molecule is CC(C)OCCCNS(=O)(=O)c1ccc(N2C(=O)CCC2=O)cc1. The van der Waals surface area contributed by atoms with Gasteiger partial charge in [-0.15, -0.1) is 0 Å². The van der Waals surface area contributed by atoms with Gasteiger partial charge < -0.3 is 4.74 Å². The van der Waals surface area contributed by atoms with E-state index in [0.717, 1.165) is 4.90 Å². The van der Waals surface area contributed by atoms with Crippen LogP contribution in [0.3, 0.4) is 0 Å². The maximum absolute atomic E-state index is 12.2. The van der Waals surface area contributed by atoms with Crippen molar-refractivity contribution in [2.24, 2.45) is 0 Å². The van der Waals surface area contributed by atoms with Crippen molar-refractivity contribution in [3.63, 3.8) is 0 Å². The molecule has 132 valence electrons. The Kier molecular flexibility index (Phi) is 6.09. The fraction of sp³-hybridized carbons (Fsp3) is 0.500. The molecule has 7 nitrogen and oxygen atoms in total. The second-order valence-electron chi connectivity index (χ2n) is 5.79. The molecule has 0 saturated carbocycles. The number of carbonyl (C=O) groups is 2. The summed E-state index contributed by atoms with van der Waals surface area (Å²) in [7, 11) is -3.62. The maximum Gasteiger partial charge on any atom is 0.240 e. The van der Waals surface area contributed by atoms with Crippen LogP contribution >= 0.6 is 0 Å². The zero-order valence-electron chi connectivity index (χ0n) is 13.8. The fourth-order valence-electron chi connectivity index (χ4n) is 2.32. The Bertz CT molecular complexity index is 682. The first kappa shape index (κ1) is 18.6. The highest BCUT2D eigenvalue weighted by atomic mass is 32.2. The third-order valence-electron chi connectivity index (χ3n) is 3.52. The predicted molar refractivity (Wildman–Crippen MR) is 89.1 cm³/mol. The van der Waals surface area contributed by atoms with Crippen LogP contribution in [0.25, 0.3) is 0 Å². The van der Waals surface area contributed by atoms with E-state index >= 15 is 0 Å². The van der Waals surface area contributed by atoms with Gasteiger partial charge in [0.15, 0.2) is 0 Å². The minimum Gasteiger partial charge on any atom is -0.379 e. The third-order valence-corrected chi connectivity index (χ3v) is 5.00. The number of sulfonamides is 1. The molecule has 0 unspecified atom stereocenters. The lowest BCUT2D eigenvalue weighted by atomic mass is 10.3. The fourth-order valence-corrected chi connectivity index (χ4v) is 3.39. The van der Waals surface area contributed by atoms with E-state index in [-0.39, 0.29) is 42.2 Å². The summed E-state index contributed by atoms with van der Waals surface area (Å²) in [6, 6.07) is 5.72. The lowest BCUT2D eigenvalue weighted by Gasteiger charge is -2.14. The summed E-state index contributed by atoms with van der Waals surface area (Å²) in [5, 5.41) is 0. The molecule has 1 N–H and O–H groups in total. The monoisotopic (exact) mass is 354 g/mol. The number of carbonyl (C=O) groups excluding carboxylic acids is 2. The summed E-state index contributed by atoms with van der Waals surface area (Å²) in [6.45, 7) is 4.60. The van der Waals surface area contributed by atoms with Crippen molar-refractivity contribution in [1.82, 2.24) is 4.72 Å². The minimum atomic E-state index is -3.62. The van der Waals surface area contributed by atoms with Crippen LogP contribution in [-0.2, 0) is 24.3 Å². The molecule has 2 rings (SSSR count). The highest BCUT2D eigenvalue weighted by Crippen LogP contribution is 2.23. The first-order valence-corrected chi connectivity index (χ1v) is 9.36. The number of nitrogens with zero attached hydrogens (tertiary/aromatic N) is 1. The summed E-state index contributed by atoms with van der Waals surface area (Å²) < 4.78 is 32.2. The lowest BCUT2D eigenvalue weighted by molar-refractivity contribution is -0.121. The Morgan fingerprint density at radius 3 is 2.25 bits per heavy atom. The van der Waals surface area contributed by atoms with Crippen LogP contribution in [0.1, 0.15) is 33.1 Å². The zero-order valence-corrected chi connectivity index (χ0v) is 14.6. The van der Waals surface area contributed by atoms with Crippen molar-refractivity contribution >= 4 is 27.5 Å². The van der Waals surface area contributed by atoms with Crippen molar-refractivity contribution in [2.75, 3.05) is 18.1 Å². The van der Waals surface area contributed by atoms with Gasteiger partial charge in [-0.1, -0.05) is 0 Å². The highest BCUT2D eigenvalue weighted by molar-refractivity contribution is 7.89. The van der Waals surface area contributed by atoms with Crippen LogP contribution in [-0.4, -0.2) is 39.5 Å². The molecule has 0 radical (unpaired) electrons. The molecule has 0 aliphatic carbocycles. The van der Waals surface area contributed by atoms with E-state index in [1.807, 2.05) is 13.8 Å². The molecule has 2 amide bonds. The van der Waals surface area contributed by atoms with Gasteiger partial charge in [0.2, 0.25) is 21.8 Å². The van der Waals surface area contributed by atoms with Crippen molar-refractivity contribution in [3.05, 3.63) is 24.3 Å². The first-order chi connectivity index (χ1) is 11.3. The molecule has 8 heteroatoms. The van der Waals surface area contributed by atoms with Crippen LogP contribution in [0.15, 0.2) is 29.2 Å². The van der Waals surface area contributed by atoms with Gasteiger partial charge in [0.1, 0.15) is 0 Å². The van der Waals surface area contributed by atoms with E-state index in [0.29, 0.717) is 18.7 Å². The van der Waals surface area contributed by atoms with Crippen LogP contribution in [0, 0.1) is 0 Å². The molecule has 1 saturated heterocycles. The van der Waals surface area contributed by atoms with Crippen molar-refractivity contribution in [2.45, 2.75) is 44.1 Å². The van der Waals surface area contributed by atoms with Gasteiger partial charge in [0.05, 0.1) is 16.7 Å². The summed E-state index contributed by atoms with van der Waals surface area (Å²) in [4.78, 5) is 24.5. The van der Waals surface area contributed by atoms with Crippen molar-refractivity contribution < 1.29 is 22.7 Å². The minimum absolute atomic E-state index is 0.0927. The number of nitrogens with one attached hydrogen (secondary N) is 1. The molecule has 1 heterocycles. The third kappa shape index (κ3) is 4.62. The average Bonchev–Trinajstić information content (AvgIpc) is 2.85. The summed E-state index contributed by atoms with van der Waals surface area (Å²) in [5.41, 5.74) is 0.395. The molecule has 1 aromatic carbocycles. The van der Waals surface area contributed by atoms with E-state index in [9.17, 15) is 18.0 Å². The molecule has 1 fully saturated rings. The van der Waals surface area contributed by atoms with Gasteiger partial charge >= 0.3 is 0 Å². The number of imide groups is 1. The number of anilines is 1. The van der Waals surface area contributed by atoms with E-state index in [4.69, 9.17) is 4.74 Å². The number of hydrogen-bond acceptors (Lipinski definition) is 5. The van der Waals surface area contributed by atoms with Gasteiger partial charge in [0.25, 0.3) is 0 Å². The molecule has 0 aromatic heterocycles. The van der Waals surface area contributed by atoms with Crippen LogP contribution in [0.2, 0.25) is 0 Å². The molecule has 1 aliphatic rings. The highest BCUT2D eigenvalue weighted by Gasteiger charge is 2.30. The van der Waals surface area contributed by atoms with E-state index < -0.39 is 10.0 Å². The van der Waals surface area contributed by atoms with Gasteiger partial charge in [-0.25, -0.2) is 13.1 Å². The summed E-state index contributed by atoms with van der Waals surface area (Å²) >= 11 is 0. The molecule has 1 aliphatic heterocycles. The van der Waals surface area contributed by atoms with E-state index in [1.165, 1.54) is 24.3 Å². The van der Waals surface area contributed by atoms with Gasteiger partial charge in [0, 0.05) is 26.0 Å². The summed E-state index contributed by atoms with van der Waals surface area (Å²) in [6.07, 6.45) is 1.08. The largest absolute Gasteiger partial charge is 0.379 e. The van der Waals surface area contributed by atoms with E-state index in [1.54, 1.807) is 0 Å². The molecule has 0 bridgehead atoms. The second kappa shape index (κ2) is 7.87. The van der Waals surface area contributed by atoms with Gasteiger partial charge in [-0.05, 0) is 44.5 Å². The molecule has 0 spiro atoms. The first-order valence-electron chi connectivity index (χ1n) is 7.88. The smallest absolute Gasteiger partial charge is 0.240 e. The lowest BCUT2D eigenvalue weighted by Crippen LogP contribution is -2.29. The summed E-state index contributed by atoms with van der Waals surface area (Å²) in [5.74, 6) is -0.530. The Morgan fingerprint density at radius 2 is 1.71 bits per heavy atom. The number of amides is 2. The molecular formula is C16H22N2O5S. The maximum atomic E-state index is 12.2. The Labute approximate surface area is 142 Å². The van der Waals surface area contributed by atoms with Gasteiger partial charge in [-0.3, -0.25) is 14.5 Å². The van der Waals surface area contributed by atoms with Crippen LogP contribution < -0.4 is 9.62 Å². The Balaban J connectivity index is 1.96. The number of rotatable bonds is 8. The van der Waals surface area contributed by atoms with E-state index in [2.05, 4.69) is 4.72 Å². The Morgan fingerprint density at radius 1 is 1.12 bits per heavy atom.